The van der Waals surface area contributed by atoms with Crippen molar-refractivity contribution in [3.8, 4) is 5.75 Å². The molecule has 0 spiro atoms. The van der Waals surface area contributed by atoms with Crippen molar-refractivity contribution >= 4 is 11.6 Å². The van der Waals surface area contributed by atoms with Crippen LogP contribution in [0.3, 0.4) is 0 Å². The first-order chi connectivity index (χ1) is 13.3. The molecule has 0 radical (unpaired) electrons. The topological polar surface area (TPSA) is 32.8 Å². The lowest BCUT2D eigenvalue weighted by Crippen LogP contribution is -2.41. The molecule has 27 heavy (non-hydrogen) atoms. The average molecular weight is 364 g/mol. The predicted molar refractivity (Wildman–Crippen MR) is 108 cm³/mol. The number of fused-ring (bicyclic) bond motifs is 1. The fourth-order valence-electron chi connectivity index (χ4n) is 4.07. The van der Waals surface area contributed by atoms with E-state index in [-0.39, 0.29) is 5.91 Å². The number of ether oxygens (including phenoxy) is 1. The van der Waals surface area contributed by atoms with Crippen LogP contribution in [0.5, 0.6) is 5.75 Å². The molecule has 0 aromatic heterocycles. The fourth-order valence-corrected chi connectivity index (χ4v) is 4.07. The Morgan fingerprint density at radius 3 is 2.37 bits per heavy atom. The number of benzene rings is 2. The lowest BCUT2D eigenvalue weighted by atomic mass is 10.0. The van der Waals surface area contributed by atoms with Crippen LogP contribution in [-0.4, -0.2) is 37.0 Å². The minimum absolute atomic E-state index is 0.0412. The molecule has 1 unspecified atom stereocenters. The maximum atomic E-state index is 13.2. The van der Waals surface area contributed by atoms with Gasteiger partial charge in [0.05, 0.1) is 5.69 Å². The Morgan fingerprint density at radius 2 is 1.56 bits per heavy atom. The van der Waals surface area contributed by atoms with Gasteiger partial charge in [-0.2, -0.15) is 0 Å². The van der Waals surface area contributed by atoms with E-state index in [1.54, 1.807) is 0 Å². The van der Waals surface area contributed by atoms with E-state index in [2.05, 4.69) is 4.90 Å². The molecule has 2 heterocycles. The van der Waals surface area contributed by atoms with E-state index in [1.807, 2.05) is 59.5 Å². The quantitative estimate of drug-likeness (QED) is 0.682. The van der Waals surface area contributed by atoms with Gasteiger partial charge in [-0.1, -0.05) is 48.9 Å². The fraction of sp³-hybridized carbons (Fsp3) is 0.435. The number of para-hydroxylation sites is 2. The largest absolute Gasteiger partial charge is 0.474 e. The van der Waals surface area contributed by atoms with Gasteiger partial charge in [0, 0.05) is 12.1 Å². The van der Waals surface area contributed by atoms with Crippen LogP contribution in [0.4, 0.5) is 5.69 Å². The highest BCUT2D eigenvalue weighted by Crippen LogP contribution is 2.38. The predicted octanol–water partition coefficient (Wildman–Crippen LogP) is 4.42. The number of rotatable bonds is 7. The van der Waals surface area contributed by atoms with Crippen LogP contribution >= 0.6 is 0 Å². The van der Waals surface area contributed by atoms with Crippen LogP contribution < -0.4 is 9.64 Å². The molecule has 2 aliphatic heterocycles. The van der Waals surface area contributed by atoms with Crippen LogP contribution in [0.15, 0.2) is 54.6 Å². The molecule has 2 aliphatic rings. The van der Waals surface area contributed by atoms with Crippen molar-refractivity contribution in [3.05, 3.63) is 60.2 Å². The molecule has 2 aromatic carbocycles. The summed E-state index contributed by atoms with van der Waals surface area (Å²) in [5.41, 5.74) is 1.81. The molecular weight excluding hydrogens is 336 g/mol. The van der Waals surface area contributed by atoms with Gasteiger partial charge in [0.25, 0.3) is 5.91 Å². The molecule has 0 bridgehead atoms. The molecule has 4 heteroatoms. The van der Waals surface area contributed by atoms with E-state index in [0.717, 1.165) is 36.4 Å². The maximum Gasteiger partial charge on any atom is 0.272 e. The van der Waals surface area contributed by atoms with Crippen LogP contribution in [0, 0.1) is 0 Å². The van der Waals surface area contributed by atoms with Crippen molar-refractivity contribution < 1.29 is 9.53 Å². The van der Waals surface area contributed by atoms with E-state index in [1.165, 1.54) is 38.9 Å². The minimum Gasteiger partial charge on any atom is -0.474 e. The normalized spacial score (nSPS) is 19.8. The van der Waals surface area contributed by atoms with Crippen LogP contribution in [0.25, 0.3) is 0 Å². The van der Waals surface area contributed by atoms with Crippen molar-refractivity contribution in [3.63, 3.8) is 0 Å². The first-order valence-corrected chi connectivity index (χ1v) is 10.2. The standard InChI is InChI=1S/C23H28N2O2/c26-23-22(19-11-3-1-4-12-19)27-21-14-6-5-13-20(21)25(23)18-8-2-7-15-24-16-9-10-17-24/h1,3-6,11-14,22H,2,7-10,15-18H2. The molecular formula is C23H28N2O2. The number of anilines is 1. The molecule has 0 saturated carbocycles. The van der Waals surface area contributed by atoms with Crippen molar-refractivity contribution in [1.29, 1.82) is 0 Å². The highest BCUT2D eigenvalue weighted by Gasteiger charge is 2.34. The first-order valence-electron chi connectivity index (χ1n) is 10.2. The molecule has 142 valence electrons. The van der Waals surface area contributed by atoms with Gasteiger partial charge < -0.3 is 14.5 Å². The lowest BCUT2D eigenvalue weighted by molar-refractivity contribution is -0.126. The number of unbranched alkanes of at least 4 members (excludes halogenated alkanes) is 2. The Labute approximate surface area is 161 Å². The van der Waals surface area contributed by atoms with Gasteiger partial charge in [0.1, 0.15) is 5.75 Å². The van der Waals surface area contributed by atoms with Gasteiger partial charge >= 0.3 is 0 Å². The van der Waals surface area contributed by atoms with E-state index in [4.69, 9.17) is 4.74 Å². The summed E-state index contributed by atoms with van der Waals surface area (Å²) in [5.74, 6) is 0.836. The molecule has 4 nitrogen and oxygen atoms in total. The number of hydrogen-bond donors (Lipinski definition) is 0. The number of amides is 1. The van der Waals surface area contributed by atoms with Gasteiger partial charge in [0.15, 0.2) is 0 Å². The zero-order valence-electron chi connectivity index (χ0n) is 15.8. The minimum atomic E-state index is -0.550. The van der Waals surface area contributed by atoms with E-state index < -0.39 is 6.10 Å². The second-order valence-corrected chi connectivity index (χ2v) is 7.48. The molecule has 1 amide bonds. The lowest BCUT2D eigenvalue weighted by Gasteiger charge is -2.34. The Hall–Kier alpha value is -2.33. The second-order valence-electron chi connectivity index (χ2n) is 7.48. The molecule has 1 fully saturated rings. The summed E-state index contributed by atoms with van der Waals surface area (Å²) >= 11 is 0. The van der Waals surface area contributed by atoms with E-state index in [9.17, 15) is 4.79 Å². The summed E-state index contributed by atoms with van der Waals surface area (Å²) in [6.07, 6.45) is 5.53. The number of carbonyl (C=O) groups is 1. The van der Waals surface area contributed by atoms with Gasteiger partial charge in [-0.05, 0) is 57.5 Å². The third-order valence-electron chi connectivity index (χ3n) is 5.55. The monoisotopic (exact) mass is 364 g/mol. The Morgan fingerprint density at radius 1 is 0.852 bits per heavy atom. The molecule has 0 aliphatic carbocycles. The third-order valence-corrected chi connectivity index (χ3v) is 5.55. The Kier molecular flexibility index (Phi) is 5.73. The smallest absolute Gasteiger partial charge is 0.272 e. The van der Waals surface area contributed by atoms with Gasteiger partial charge in [-0.25, -0.2) is 0 Å². The van der Waals surface area contributed by atoms with E-state index >= 15 is 0 Å². The SMILES string of the molecule is O=C1C(c2ccccc2)Oc2ccccc2N1CCCCCN1CCCC1. The second kappa shape index (κ2) is 8.57. The molecule has 1 saturated heterocycles. The van der Waals surface area contributed by atoms with Crippen molar-refractivity contribution in [2.24, 2.45) is 0 Å². The first kappa shape index (κ1) is 18.1. The molecule has 0 N–H and O–H groups in total. The zero-order chi connectivity index (χ0) is 18.5. The maximum absolute atomic E-state index is 13.2. The van der Waals surface area contributed by atoms with Gasteiger partial charge in [-0.15, -0.1) is 0 Å². The number of hydrogen-bond acceptors (Lipinski definition) is 3. The summed E-state index contributed by atoms with van der Waals surface area (Å²) in [5, 5.41) is 0. The average Bonchev–Trinajstić information content (AvgIpc) is 3.23. The van der Waals surface area contributed by atoms with Crippen LogP contribution in [-0.2, 0) is 4.79 Å². The highest BCUT2D eigenvalue weighted by molar-refractivity contribution is 6.00. The number of carbonyl (C=O) groups excluding carboxylic acids is 1. The van der Waals surface area contributed by atoms with Gasteiger partial charge in [0.2, 0.25) is 6.10 Å². The Bertz CT molecular complexity index is 756. The number of likely N-dealkylation sites (tertiary alicyclic amines) is 1. The Balaban J connectivity index is 1.41. The highest BCUT2D eigenvalue weighted by atomic mass is 16.5. The molecule has 2 aromatic rings. The zero-order valence-corrected chi connectivity index (χ0v) is 15.8. The number of nitrogens with zero attached hydrogens (tertiary/aromatic N) is 2. The third kappa shape index (κ3) is 4.16. The van der Waals surface area contributed by atoms with Crippen LogP contribution in [0.1, 0.15) is 43.8 Å². The van der Waals surface area contributed by atoms with Crippen molar-refractivity contribution in [2.45, 2.75) is 38.2 Å². The summed E-state index contributed by atoms with van der Waals surface area (Å²) < 4.78 is 6.06. The van der Waals surface area contributed by atoms with E-state index in [0.29, 0.717) is 0 Å². The van der Waals surface area contributed by atoms with Crippen molar-refractivity contribution in [1.82, 2.24) is 4.90 Å². The van der Waals surface area contributed by atoms with Gasteiger partial charge in [-0.3, -0.25) is 4.79 Å². The molecule has 4 rings (SSSR count). The van der Waals surface area contributed by atoms with Crippen molar-refractivity contribution in [2.75, 3.05) is 31.1 Å². The summed E-state index contributed by atoms with van der Waals surface area (Å²) in [6.45, 7) is 4.46. The van der Waals surface area contributed by atoms with Crippen LogP contribution in [0.2, 0.25) is 0 Å². The molecule has 1 atom stereocenters. The summed E-state index contributed by atoms with van der Waals surface area (Å²) in [4.78, 5) is 17.6. The summed E-state index contributed by atoms with van der Waals surface area (Å²) in [6, 6.07) is 17.7. The summed E-state index contributed by atoms with van der Waals surface area (Å²) in [7, 11) is 0.